The van der Waals surface area contributed by atoms with Gasteiger partial charge in [-0.1, -0.05) is 37.2 Å². The molecule has 3 rings (SSSR count). The molecule has 0 aliphatic heterocycles. The normalized spacial score (nSPS) is 11.7. The number of sulfonamides is 1. The fraction of sp³-hybridized carbons (Fsp3) is 0.368. The fourth-order valence-corrected chi connectivity index (χ4v) is 4.74. The maximum atomic E-state index is 13.3. The summed E-state index contributed by atoms with van der Waals surface area (Å²) in [5.74, 6) is 0.760. The number of para-hydroxylation sites is 1. The molecule has 0 aliphatic carbocycles. The third-order valence-corrected chi connectivity index (χ3v) is 6.36. The van der Waals surface area contributed by atoms with Gasteiger partial charge in [-0.3, -0.25) is 4.72 Å². The van der Waals surface area contributed by atoms with Crippen molar-refractivity contribution in [3.63, 3.8) is 0 Å². The molecular formula is C19H24N4O3S. The average molecular weight is 388 g/mol. The summed E-state index contributed by atoms with van der Waals surface area (Å²) in [6.45, 7) is 7.52. The van der Waals surface area contributed by atoms with Gasteiger partial charge in [0, 0.05) is 24.9 Å². The first-order valence-corrected chi connectivity index (χ1v) is 10.4. The number of hydrogen-bond acceptors (Lipinski definition) is 5. The number of aryl methyl sites for hydroxylation is 2. The van der Waals surface area contributed by atoms with Crippen LogP contribution in [0, 0.1) is 13.8 Å². The first kappa shape index (κ1) is 19.2. The smallest absolute Gasteiger partial charge is 0.264 e. The molecule has 144 valence electrons. The maximum absolute atomic E-state index is 13.3. The minimum absolute atomic E-state index is 0.166. The van der Waals surface area contributed by atoms with Gasteiger partial charge in [-0.2, -0.15) is 4.98 Å². The van der Waals surface area contributed by atoms with Crippen LogP contribution >= 0.6 is 0 Å². The second kappa shape index (κ2) is 7.19. The van der Waals surface area contributed by atoms with Crippen LogP contribution in [0.3, 0.4) is 0 Å². The fourth-order valence-electron chi connectivity index (χ4n) is 3.12. The minimum atomic E-state index is -3.85. The minimum Gasteiger partial charge on any atom is -0.350 e. The zero-order chi connectivity index (χ0) is 19.8. The lowest BCUT2D eigenvalue weighted by Gasteiger charge is -2.12. The molecule has 0 unspecified atom stereocenters. The van der Waals surface area contributed by atoms with E-state index < -0.39 is 10.0 Å². The second-order valence-corrected chi connectivity index (χ2v) is 8.04. The second-order valence-electron chi connectivity index (χ2n) is 6.42. The van der Waals surface area contributed by atoms with Crippen molar-refractivity contribution in [1.29, 1.82) is 0 Å². The third kappa shape index (κ3) is 3.37. The Kier molecular flexibility index (Phi) is 5.10. The number of rotatable bonds is 6. The van der Waals surface area contributed by atoms with E-state index in [-0.39, 0.29) is 10.8 Å². The van der Waals surface area contributed by atoms with Crippen molar-refractivity contribution in [2.75, 3.05) is 4.72 Å². The van der Waals surface area contributed by atoms with Gasteiger partial charge >= 0.3 is 0 Å². The number of nitrogens with one attached hydrogen (secondary N) is 1. The van der Waals surface area contributed by atoms with Crippen molar-refractivity contribution >= 4 is 15.7 Å². The molecule has 2 aromatic heterocycles. The van der Waals surface area contributed by atoms with Crippen molar-refractivity contribution in [3.05, 3.63) is 47.0 Å². The van der Waals surface area contributed by atoms with Crippen LogP contribution in [0.4, 0.5) is 5.69 Å². The van der Waals surface area contributed by atoms with Crippen LogP contribution in [-0.2, 0) is 29.9 Å². The Balaban J connectivity index is 2.16. The Morgan fingerprint density at radius 2 is 1.81 bits per heavy atom. The lowest BCUT2D eigenvalue weighted by molar-refractivity contribution is 0.422. The lowest BCUT2D eigenvalue weighted by atomic mass is 10.1. The van der Waals surface area contributed by atoms with Crippen LogP contribution in [0.2, 0.25) is 0 Å². The zero-order valence-electron chi connectivity index (χ0n) is 16.2. The highest BCUT2D eigenvalue weighted by Crippen LogP contribution is 2.35. The van der Waals surface area contributed by atoms with Gasteiger partial charge in [-0.05, 0) is 31.9 Å². The molecule has 1 aromatic carbocycles. The van der Waals surface area contributed by atoms with Crippen LogP contribution in [-0.4, -0.2) is 23.1 Å². The molecule has 0 aliphatic rings. The van der Waals surface area contributed by atoms with Crippen LogP contribution in [0.5, 0.6) is 0 Å². The van der Waals surface area contributed by atoms with E-state index in [1.807, 2.05) is 50.6 Å². The molecule has 0 saturated heterocycles. The summed E-state index contributed by atoms with van der Waals surface area (Å²) in [6.07, 6.45) is 1.33. The van der Waals surface area contributed by atoms with Crippen molar-refractivity contribution in [2.45, 2.75) is 45.4 Å². The quantitative estimate of drug-likeness (QED) is 0.696. The van der Waals surface area contributed by atoms with Crippen LogP contribution < -0.4 is 4.72 Å². The predicted octanol–water partition coefficient (Wildman–Crippen LogP) is 3.62. The summed E-state index contributed by atoms with van der Waals surface area (Å²) >= 11 is 0. The molecule has 0 saturated carbocycles. The van der Waals surface area contributed by atoms with Crippen molar-refractivity contribution in [2.24, 2.45) is 7.05 Å². The van der Waals surface area contributed by atoms with Crippen molar-refractivity contribution in [1.82, 2.24) is 14.7 Å². The summed E-state index contributed by atoms with van der Waals surface area (Å²) in [4.78, 5) is 4.51. The molecule has 27 heavy (non-hydrogen) atoms. The Hall–Kier alpha value is -2.61. The highest BCUT2D eigenvalue weighted by atomic mass is 32.2. The van der Waals surface area contributed by atoms with Gasteiger partial charge in [-0.25, -0.2) is 8.42 Å². The molecule has 2 heterocycles. The standard InChI is InChI=1S/C19H24N4O3S/c1-6-14-10-8-9-11-15(14)22-27(24,25)18-13(4)23(5)12(3)17(18)19-20-16(7-2)21-26-19/h8-11,22H,6-7H2,1-5H3. The third-order valence-electron chi connectivity index (χ3n) is 4.83. The topological polar surface area (TPSA) is 90.0 Å². The summed E-state index contributed by atoms with van der Waals surface area (Å²) in [6, 6.07) is 7.38. The van der Waals surface area contributed by atoms with E-state index in [9.17, 15) is 8.42 Å². The van der Waals surface area contributed by atoms with Crippen LogP contribution in [0.1, 0.15) is 36.6 Å². The van der Waals surface area contributed by atoms with E-state index in [1.54, 1.807) is 13.0 Å². The molecule has 0 fully saturated rings. The van der Waals surface area contributed by atoms with Crippen molar-refractivity contribution in [3.8, 4) is 11.5 Å². The number of hydrogen-bond donors (Lipinski definition) is 1. The molecule has 7 nitrogen and oxygen atoms in total. The van der Waals surface area contributed by atoms with E-state index in [0.29, 0.717) is 29.2 Å². The summed E-state index contributed by atoms with van der Waals surface area (Å²) in [5, 5.41) is 3.92. The van der Waals surface area contributed by atoms with E-state index in [4.69, 9.17) is 4.52 Å². The van der Waals surface area contributed by atoms with Gasteiger partial charge in [0.2, 0.25) is 0 Å². The predicted molar refractivity (Wildman–Crippen MR) is 104 cm³/mol. The number of nitrogens with zero attached hydrogens (tertiary/aromatic N) is 3. The van der Waals surface area contributed by atoms with E-state index in [2.05, 4.69) is 14.9 Å². The zero-order valence-corrected chi connectivity index (χ0v) is 17.0. The summed E-state index contributed by atoms with van der Waals surface area (Å²) in [5.41, 5.74) is 3.32. The highest BCUT2D eigenvalue weighted by Gasteiger charge is 2.31. The number of anilines is 1. The Bertz CT molecular complexity index is 1080. The molecule has 8 heteroatoms. The van der Waals surface area contributed by atoms with Gasteiger partial charge in [0.25, 0.3) is 15.9 Å². The van der Waals surface area contributed by atoms with Gasteiger partial charge in [0.1, 0.15) is 4.90 Å². The van der Waals surface area contributed by atoms with Gasteiger partial charge in [-0.15, -0.1) is 0 Å². The molecule has 3 aromatic rings. The average Bonchev–Trinajstić information content (AvgIpc) is 3.20. The molecular weight excluding hydrogens is 364 g/mol. The molecule has 0 spiro atoms. The van der Waals surface area contributed by atoms with Crippen LogP contribution in [0.15, 0.2) is 33.7 Å². The first-order valence-electron chi connectivity index (χ1n) is 8.89. The Morgan fingerprint density at radius 3 is 2.44 bits per heavy atom. The molecule has 0 atom stereocenters. The van der Waals surface area contributed by atoms with E-state index in [0.717, 1.165) is 17.7 Å². The highest BCUT2D eigenvalue weighted by molar-refractivity contribution is 7.93. The van der Waals surface area contributed by atoms with Gasteiger partial charge in [0.05, 0.1) is 11.3 Å². The van der Waals surface area contributed by atoms with Gasteiger partial charge in [0.15, 0.2) is 5.82 Å². The molecule has 0 bridgehead atoms. The SMILES string of the molecule is CCc1noc(-c2c(S(=O)(=O)Nc3ccccc3CC)c(C)n(C)c2C)n1. The molecule has 1 N–H and O–H groups in total. The molecule has 0 amide bonds. The van der Waals surface area contributed by atoms with Gasteiger partial charge < -0.3 is 9.09 Å². The number of benzene rings is 1. The Labute approximate surface area is 159 Å². The summed E-state index contributed by atoms with van der Waals surface area (Å²) < 4.78 is 36.5. The van der Waals surface area contributed by atoms with E-state index in [1.165, 1.54) is 0 Å². The molecule has 0 radical (unpaired) electrons. The van der Waals surface area contributed by atoms with Crippen molar-refractivity contribution < 1.29 is 12.9 Å². The Morgan fingerprint density at radius 1 is 1.11 bits per heavy atom. The summed E-state index contributed by atoms with van der Waals surface area (Å²) in [7, 11) is -2.03. The lowest BCUT2D eigenvalue weighted by Crippen LogP contribution is -2.16. The number of aromatic nitrogens is 3. The first-order chi connectivity index (χ1) is 12.8. The largest absolute Gasteiger partial charge is 0.350 e. The monoisotopic (exact) mass is 388 g/mol. The van der Waals surface area contributed by atoms with E-state index >= 15 is 0 Å². The maximum Gasteiger partial charge on any atom is 0.264 e. The van der Waals surface area contributed by atoms with Crippen LogP contribution in [0.25, 0.3) is 11.5 Å².